The predicted octanol–water partition coefficient (Wildman–Crippen LogP) is 2.40. The van der Waals surface area contributed by atoms with E-state index in [0.29, 0.717) is 23.2 Å². The third kappa shape index (κ3) is 2.84. The van der Waals surface area contributed by atoms with Crippen molar-refractivity contribution in [2.75, 3.05) is 6.54 Å². The first kappa shape index (κ1) is 15.7. The van der Waals surface area contributed by atoms with Crippen LogP contribution in [0, 0.1) is 0 Å². The molecule has 1 aliphatic rings. The van der Waals surface area contributed by atoms with Crippen molar-refractivity contribution in [3.63, 3.8) is 0 Å². The van der Waals surface area contributed by atoms with Gasteiger partial charge in [0, 0.05) is 12.1 Å². The predicted molar refractivity (Wildman–Crippen MR) is 89.6 cm³/mol. The van der Waals surface area contributed by atoms with E-state index in [9.17, 15) is 14.4 Å². The van der Waals surface area contributed by atoms with Gasteiger partial charge in [-0.2, -0.15) is 0 Å². The van der Waals surface area contributed by atoms with Gasteiger partial charge in [-0.1, -0.05) is 30.3 Å². The SMILES string of the molecule is C=CCNC(=O)c1ccc(CN2C(=O)c3ccccc3C2=O)cc1. The summed E-state index contributed by atoms with van der Waals surface area (Å²) in [6, 6.07) is 13.6. The minimum Gasteiger partial charge on any atom is -0.349 e. The topological polar surface area (TPSA) is 66.5 Å². The maximum absolute atomic E-state index is 12.3. The summed E-state index contributed by atoms with van der Waals surface area (Å²) in [6.45, 7) is 4.12. The van der Waals surface area contributed by atoms with Gasteiger partial charge in [-0.25, -0.2) is 0 Å². The molecule has 1 aliphatic heterocycles. The van der Waals surface area contributed by atoms with Crippen LogP contribution < -0.4 is 5.32 Å². The summed E-state index contributed by atoms with van der Waals surface area (Å²) in [5.74, 6) is -0.769. The lowest BCUT2D eigenvalue weighted by Crippen LogP contribution is -2.29. The zero-order chi connectivity index (χ0) is 17.1. The summed E-state index contributed by atoms with van der Waals surface area (Å²) in [4.78, 5) is 37.7. The second-order valence-electron chi connectivity index (χ2n) is 5.44. The second-order valence-corrected chi connectivity index (χ2v) is 5.44. The molecule has 5 nitrogen and oxygen atoms in total. The Morgan fingerprint density at radius 2 is 1.58 bits per heavy atom. The van der Waals surface area contributed by atoms with E-state index in [0.717, 1.165) is 5.56 Å². The van der Waals surface area contributed by atoms with E-state index in [1.54, 1.807) is 54.6 Å². The molecule has 0 unspecified atom stereocenters. The number of carbonyl (C=O) groups excluding carboxylic acids is 3. The molecule has 0 atom stereocenters. The molecule has 0 saturated heterocycles. The quantitative estimate of drug-likeness (QED) is 0.679. The third-order valence-corrected chi connectivity index (χ3v) is 3.84. The highest BCUT2D eigenvalue weighted by Crippen LogP contribution is 2.24. The number of fused-ring (bicyclic) bond motifs is 1. The molecule has 1 heterocycles. The molecule has 0 fully saturated rings. The van der Waals surface area contributed by atoms with Crippen LogP contribution in [0.5, 0.6) is 0 Å². The Morgan fingerprint density at radius 1 is 1.00 bits per heavy atom. The molecule has 0 aliphatic carbocycles. The largest absolute Gasteiger partial charge is 0.349 e. The van der Waals surface area contributed by atoms with E-state index in [2.05, 4.69) is 11.9 Å². The molecule has 0 spiro atoms. The van der Waals surface area contributed by atoms with E-state index >= 15 is 0 Å². The van der Waals surface area contributed by atoms with Gasteiger partial charge in [0.05, 0.1) is 17.7 Å². The fraction of sp³-hybridized carbons (Fsp3) is 0.105. The Labute approximate surface area is 139 Å². The van der Waals surface area contributed by atoms with E-state index < -0.39 is 0 Å². The molecule has 3 rings (SSSR count). The van der Waals surface area contributed by atoms with Gasteiger partial charge in [0.1, 0.15) is 0 Å². The molecular weight excluding hydrogens is 304 g/mol. The van der Waals surface area contributed by atoms with Crippen molar-refractivity contribution in [3.8, 4) is 0 Å². The van der Waals surface area contributed by atoms with Gasteiger partial charge in [0.25, 0.3) is 17.7 Å². The molecule has 0 aromatic heterocycles. The van der Waals surface area contributed by atoms with Crippen molar-refractivity contribution < 1.29 is 14.4 Å². The zero-order valence-electron chi connectivity index (χ0n) is 13.0. The lowest BCUT2D eigenvalue weighted by atomic mass is 10.1. The van der Waals surface area contributed by atoms with E-state index in [1.165, 1.54) is 4.90 Å². The van der Waals surface area contributed by atoms with Crippen molar-refractivity contribution in [2.45, 2.75) is 6.54 Å². The van der Waals surface area contributed by atoms with Crippen LogP contribution in [0.25, 0.3) is 0 Å². The van der Waals surface area contributed by atoms with Gasteiger partial charge in [0.2, 0.25) is 0 Å². The molecule has 3 amide bonds. The Kier molecular flexibility index (Phi) is 4.24. The van der Waals surface area contributed by atoms with Crippen molar-refractivity contribution in [1.29, 1.82) is 0 Å². The lowest BCUT2D eigenvalue weighted by molar-refractivity contribution is 0.0642. The van der Waals surface area contributed by atoms with Gasteiger partial charge in [0.15, 0.2) is 0 Å². The van der Waals surface area contributed by atoms with Crippen LogP contribution in [0.2, 0.25) is 0 Å². The van der Waals surface area contributed by atoms with Crippen LogP contribution in [-0.4, -0.2) is 29.2 Å². The van der Waals surface area contributed by atoms with E-state index in [4.69, 9.17) is 0 Å². The highest BCUT2D eigenvalue weighted by molar-refractivity contribution is 6.21. The van der Waals surface area contributed by atoms with Crippen LogP contribution in [0.3, 0.4) is 0 Å². The number of nitrogens with one attached hydrogen (secondary N) is 1. The molecular formula is C19H16N2O3. The molecule has 0 bridgehead atoms. The average Bonchev–Trinajstić information content (AvgIpc) is 2.85. The van der Waals surface area contributed by atoms with Gasteiger partial charge < -0.3 is 5.32 Å². The van der Waals surface area contributed by atoms with Gasteiger partial charge in [-0.05, 0) is 29.8 Å². The third-order valence-electron chi connectivity index (χ3n) is 3.84. The number of carbonyl (C=O) groups is 3. The summed E-state index contributed by atoms with van der Waals surface area (Å²) in [5, 5.41) is 2.69. The minimum atomic E-state index is -0.289. The highest BCUT2D eigenvalue weighted by Gasteiger charge is 2.34. The summed E-state index contributed by atoms with van der Waals surface area (Å²) in [5.41, 5.74) is 2.17. The lowest BCUT2D eigenvalue weighted by Gasteiger charge is -2.14. The zero-order valence-corrected chi connectivity index (χ0v) is 13.0. The molecule has 24 heavy (non-hydrogen) atoms. The number of amides is 3. The highest BCUT2D eigenvalue weighted by atomic mass is 16.2. The number of nitrogens with zero attached hydrogens (tertiary/aromatic N) is 1. The first-order chi connectivity index (χ1) is 11.6. The van der Waals surface area contributed by atoms with Crippen LogP contribution in [0.1, 0.15) is 36.6 Å². The summed E-state index contributed by atoms with van der Waals surface area (Å²) >= 11 is 0. The van der Waals surface area contributed by atoms with Gasteiger partial charge in [-0.15, -0.1) is 6.58 Å². The molecule has 120 valence electrons. The number of imide groups is 1. The van der Waals surface area contributed by atoms with Gasteiger partial charge >= 0.3 is 0 Å². The first-order valence-electron chi connectivity index (χ1n) is 7.55. The fourth-order valence-electron chi connectivity index (χ4n) is 2.59. The molecule has 2 aromatic carbocycles. The number of hydrogen-bond donors (Lipinski definition) is 1. The first-order valence-corrected chi connectivity index (χ1v) is 7.55. The Morgan fingerprint density at radius 3 is 2.12 bits per heavy atom. The molecule has 1 N–H and O–H groups in total. The maximum Gasteiger partial charge on any atom is 0.261 e. The van der Waals surface area contributed by atoms with Crippen molar-refractivity contribution >= 4 is 17.7 Å². The Bertz CT molecular complexity index is 790. The van der Waals surface area contributed by atoms with Gasteiger partial charge in [-0.3, -0.25) is 19.3 Å². The monoisotopic (exact) mass is 320 g/mol. The van der Waals surface area contributed by atoms with E-state index in [1.807, 2.05) is 0 Å². The number of benzene rings is 2. The summed E-state index contributed by atoms with van der Waals surface area (Å²) in [6.07, 6.45) is 1.61. The summed E-state index contributed by atoms with van der Waals surface area (Å²) in [7, 11) is 0. The normalized spacial score (nSPS) is 12.9. The standard InChI is InChI=1S/C19H16N2O3/c1-2-11-20-17(22)14-9-7-13(8-10-14)12-21-18(23)15-5-3-4-6-16(15)19(21)24/h2-10H,1,11-12H2,(H,20,22). The Hall–Kier alpha value is -3.21. The van der Waals surface area contributed by atoms with Crippen LogP contribution in [-0.2, 0) is 6.54 Å². The van der Waals surface area contributed by atoms with Crippen LogP contribution in [0.4, 0.5) is 0 Å². The molecule has 2 aromatic rings. The molecule has 0 radical (unpaired) electrons. The maximum atomic E-state index is 12.3. The number of hydrogen-bond acceptors (Lipinski definition) is 3. The van der Waals surface area contributed by atoms with Crippen LogP contribution in [0.15, 0.2) is 61.2 Å². The minimum absolute atomic E-state index is 0.181. The molecule has 0 saturated carbocycles. The van der Waals surface area contributed by atoms with Crippen molar-refractivity contribution in [1.82, 2.24) is 10.2 Å². The van der Waals surface area contributed by atoms with Crippen molar-refractivity contribution in [2.24, 2.45) is 0 Å². The fourth-order valence-corrected chi connectivity index (χ4v) is 2.59. The van der Waals surface area contributed by atoms with Crippen LogP contribution >= 0.6 is 0 Å². The summed E-state index contributed by atoms with van der Waals surface area (Å²) < 4.78 is 0. The average molecular weight is 320 g/mol. The number of rotatable bonds is 5. The molecule has 5 heteroatoms. The van der Waals surface area contributed by atoms with E-state index in [-0.39, 0.29) is 24.3 Å². The second kappa shape index (κ2) is 6.50. The van der Waals surface area contributed by atoms with Crippen molar-refractivity contribution in [3.05, 3.63) is 83.4 Å². The smallest absolute Gasteiger partial charge is 0.261 e. The Balaban J connectivity index is 1.73.